The van der Waals surface area contributed by atoms with Crippen molar-refractivity contribution >= 4 is 17.8 Å². The minimum Gasteiger partial charge on any atom is -0.480 e. The van der Waals surface area contributed by atoms with Gasteiger partial charge in [-0.2, -0.15) is 8.78 Å². The summed E-state index contributed by atoms with van der Waals surface area (Å²) in [6, 6.07) is 4.74. The number of benzene rings is 1. The third-order valence-electron chi connectivity index (χ3n) is 4.60. The number of carbonyl (C=O) groups excluding carboxylic acids is 2. The Hall–Kier alpha value is -2.71. The molecule has 2 amide bonds. The van der Waals surface area contributed by atoms with E-state index in [1.165, 1.54) is 23.1 Å². The molecule has 0 radical (unpaired) electrons. The number of piperidine rings is 1. The van der Waals surface area contributed by atoms with E-state index >= 15 is 0 Å². The average molecular weight is 398 g/mol. The Balaban J connectivity index is 2.07. The molecule has 7 nitrogen and oxygen atoms in total. The molecule has 1 aliphatic rings. The summed E-state index contributed by atoms with van der Waals surface area (Å²) in [6.07, 6.45) is 1.98. The van der Waals surface area contributed by atoms with Crippen molar-refractivity contribution in [2.45, 2.75) is 45.3 Å². The summed E-state index contributed by atoms with van der Waals surface area (Å²) in [5.41, 5.74) is -0.00162. The molecule has 0 bridgehead atoms. The first-order valence-electron chi connectivity index (χ1n) is 9.19. The van der Waals surface area contributed by atoms with Crippen LogP contribution in [0.3, 0.4) is 0 Å². The molecule has 154 valence electrons. The number of nitrogens with zero attached hydrogens (tertiary/aromatic N) is 1. The van der Waals surface area contributed by atoms with Gasteiger partial charge in [0.05, 0.1) is 11.5 Å². The molecule has 0 aliphatic carbocycles. The Morgan fingerprint density at radius 1 is 1.32 bits per heavy atom. The van der Waals surface area contributed by atoms with Gasteiger partial charge in [0.1, 0.15) is 11.8 Å². The van der Waals surface area contributed by atoms with Gasteiger partial charge in [0.25, 0.3) is 5.91 Å². The summed E-state index contributed by atoms with van der Waals surface area (Å²) in [6.45, 7) is -0.766. The van der Waals surface area contributed by atoms with E-state index < -0.39 is 36.4 Å². The van der Waals surface area contributed by atoms with Gasteiger partial charge in [-0.1, -0.05) is 25.5 Å². The van der Waals surface area contributed by atoms with Crippen molar-refractivity contribution in [3.63, 3.8) is 0 Å². The highest BCUT2D eigenvalue weighted by Crippen LogP contribution is 2.25. The van der Waals surface area contributed by atoms with E-state index in [-0.39, 0.29) is 17.9 Å². The van der Waals surface area contributed by atoms with Gasteiger partial charge in [-0.15, -0.1) is 0 Å². The summed E-state index contributed by atoms with van der Waals surface area (Å²) in [5, 5.41) is 11.7. The van der Waals surface area contributed by atoms with E-state index in [0.29, 0.717) is 32.2 Å². The van der Waals surface area contributed by atoms with Crippen LogP contribution in [-0.4, -0.2) is 53.5 Å². The molecule has 0 aromatic heterocycles. The third kappa shape index (κ3) is 5.64. The van der Waals surface area contributed by atoms with Crippen LogP contribution in [0.4, 0.5) is 8.78 Å². The van der Waals surface area contributed by atoms with E-state index in [0.717, 1.165) is 0 Å². The predicted molar refractivity (Wildman–Crippen MR) is 96.2 cm³/mol. The Morgan fingerprint density at radius 2 is 2.04 bits per heavy atom. The number of hydrogen-bond acceptors (Lipinski definition) is 4. The smallest absolute Gasteiger partial charge is 0.387 e. The quantitative estimate of drug-likeness (QED) is 0.702. The number of carboxylic acid groups (broad SMARTS) is 1. The molecule has 0 spiro atoms. The number of hydrogen-bond donors (Lipinski definition) is 2. The van der Waals surface area contributed by atoms with Crippen LogP contribution in [0, 0.1) is 5.92 Å². The SMILES string of the molecule is CCCC(NC(=O)C1CCCN(C(=O)c2ccccc2OC(F)F)C1)C(=O)O. The molecule has 2 atom stereocenters. The zero-order valence-corrected chi connectivity index (χ0v) is 15.6. The molecule has 1 heterocycles. The fourth-order valence-electron chi connectivity index (χ4n) is 3.22. The highest BCUT2D eigenvalue weighted by Gasteiger charge is 2.32. The number of carboxylic acids is 1. The van der Waals surface area contributed by atoms with Gasteiger partial charge in [-0.05, 0) is 31.4 Å². The first kappa shape index (κ1) is 21.6. The zero-order chi connectivity index (χ0) is 20.7. The molecule has 1 fully saturated rings. The molecule has 2 unspecified atom stereocenters. The van der Waals surface area contributed by atoms with Crippen molar-refractivity contribution in [1.82, 2.24) is 10.2 Å². The van der Waals surface area contributed by atoms with Crippen molar-refractivity contribution in [2.24, 2.45) is 5.92 Å². The first-order chi connectivity index (χ1) is 13.3. The fourth-order valence-corrected chi connectivity index (χ4v) is 3.22. The lowest BCUT2D eigenvalue weighted by Gasteiger charge is -2.33. The molecule has 1 aliphatic heterocycles. The Morgan fingerprint density at radius 3 is 2.68 bits per heavy atom. The number of para-hydroxylation sites is 1. The average Bonchev–Trinajstić information content (AvgIpc) is 2.67. The molecule has 0 saturated carbocycles. The van der Waals surface area contributed by atoms with Crippen LogP contribution >= 0.6 is 0 Å². The van der Waals surface area contributed by atoms with E-state index in [4.69, 9.17) is 0 Å². The van der Waals surface area contributed by atoms with Crippen LogP contribution in [0.15, 0.2) is 24.3 Å². The Bertz CT molecular complexity index is 713. The number of halogens is 2. The monoisotopic (exact) mass is 398 g/mol. The lowest BCUT2D eigenvalue weighted by atomic mass is 9.95. The number of nitrogens with one attached hydrogen (secondary N) is 1. The molecule has 1 aromatic carbocycles. The second-order valence-corrected chi connectivity index (χ2v) is 6.65. The summed E-state index contributed by atoms with van der Waals surface area (Å²) >= 11 is 0. The van der Waals surface area contributed by atoms with Gasteiger partial charge in [-0.25, -0.2) is 4.79 Å². The maximum absolute atomic E-state index is 12.8. The van der Waals surface area contributed by atoms with Gasteiger partial charge in [0.15, 0.2) is 0 Å². The van der Waals surface area contributed by atoms with E-state index in [1.54, 1.807) is 6.07 Å². The zero-order valence-electron chi connectivity index (χ0n) is 15.6. The lowest BCUT2D eigenvalue weighted by molar-refractivity contribution is -0.143. The molecule has 1 saturated heterocycles. The van der Waals surface area contributed by atoms with Crippen molar-refractivity contribution < 1.29 is 33.0 Å². The number of aliphatic carboxylic acids is 1. The summed E-state index contributed by atoms with van der Waals surface area (Å²) < 4.78 is 29.6. The van der Waals surface area contributed by atoms with Crippen LogP contribution in [0.25, 0.3) is 0 Å². The van der Waals surface area contributed by atoms with Crippen molar-refractivity contribution in [3.8, 4) is 5.75 Å². The lowest BCUT2D eigenvalue weighted by Crippen LogP contribution is -2.49. The predicted octanol–water partition coefficient (Wildman–Crippen LogP) is 2.51. The number of likely N-dealkylation sites (tertiary alicyclic amines) is 1. The molecule has 2 N–H and O–H groups in total. The highest BCUT2D eigenvalue weighted by molar-refractivity contribution is 5.97. The first-order valence-corrected chi connectivity index (χ1v) is 9.19. The maximum Gasteiger partial charge on any atom is 0.387 e. The number of ether oxygens (including phenoxy) is 1. The van der Waals surface area contributed by atoms with Crippen LogP contribution in [0.1, 0.15) is 43.0 Å². The molecular weight excluding hydrogens is 374 g/mol. The Kier molecular flexibility index (Phi) is 7.71. The largest absolute Gasteiger partial charge is 0.480 e. The number of carbonyl (C=O) groups is 3. The molecule has 1 aromatic rings. The van der Waals surface area contributed by atoms with Crippen LogP contribution in [0.5, 0.6) is 5.75 Å². The summed E-state index contributed by atoms with van der Waals surface area (Å²) in [7, 11) is 0. The molecule has 9 heteroatoms. The van der Waals surface area contributed by atoms with Gasteiger partial charge < -0.3 is 20.1 Å². The van der Waals surface area contributed by atoms with Crippen molar-refractivity contribution in [3.05, 3.63) is 29.8 Å². The van der Waals surface area contributed by atoms with Crippen LogP contribution < -0.4 is 10.1 Å². The van der Waals surface area contributed by atoms with Gasteiger partial charge in [0, 0.05) is 13.1 Å². The van der Waals surface area contributed by atoms with Crippen LogP contribution in [-0.2, 0) is 9.59 Å². The topological polar surface area (TPSA) is 95.9 Å². The Labute approximate surface area is 161 Å². The number of rotatable bonds is 8. The molecular formula is C19H24F2N2O5. The molecule has 2 rings (SSSR count). The van der Waals surface area contributed by atoms with Gasteiger partial charge in [-0.3, -0.25) is 9.59 Å². The normalized spacial score (nSPS) is 17.9. The van der Waals surface area contributed by atoms with Gasteiger partial charge >= 0.3 is 12.6 Å². The van der Waals surface area contributed by atoms with E-state index in [9.17, 15) is 28.3 Å². The summed E-state index contributed by atoms with van der Waals surface area (Å²) in [4.78, 5) is 37.9. The fraction of sp³-hybridized carbons (Fsp3) is 0.526. The number of amides is 2. The second-order valence-electron chi connectivity index (χ2n) is 6.65. The van der Waals surface area contributed by atoms with Gasteiger partial charge in [0.2, 0.25) is 5.91 Å². The maximum atomic E-state index is 12.8. The minimum absolute atomic E-state index is 0.00162. The standard InChI is InChI=1S/C19H24F2N2O5/c1-2-6-14(18(26)27)22-16(24)12-7-5-10-23(11-12)17(25)13-8-3-4-9-15(13)28-19(20)21/h3-4,8-9,12,14,19H,2,5-7,10-11H2,1H3,(H,22,24)(H,26,27). The second kappa shape index (κ2) is 10.0. The minimum atomic E-state index is -3.06. The van der Waals surface area contributed by atoms with E-state index in [2.05, 4.69) is 10.1 Å². The van der Waals surface area contributed by atoms with Crippen molar-refractivity contribution in [2.75, 3.05) is 13.1 Å². The molecule has 28 heavy (non-hydrogen) atoms. The number of alkyl halides is 2. The summed E-state index contributed by atoms with van der Waals surface area (Å²) in [5.74, 6) is -2.80. The van der Waals surface area contributed by atoms with Crippen molar-refractivity contribution in [1.29, 1.82) is 0 Å². The van der Waals surface area contributed by atoms with Crippen LogP contribution in [0.2, 0.25) is 0 Å². The third-order valence-corrected chi connectivity index (χ3v) is 4.60. The highest BCUT2D eigenvalue weighted by atomic mass is 19.3. The van der Waals surface area contributed by atoms with E-state index in [1.807, 2.05) is 6.92 Å².